The number of aromatic nitrogens is 1. The number of aryl methyl sites for hydroxylation is 2. The van der Waals surface area contributed by atoms with Crippen LogP contribution in [-0.4, -0.2) is 36.0 Å². The van der Waals surface area contributed by atoms with Gasteiger partial charge in [-0.1, -0.05) is 41.7 Å². The first-order valence-corrected chi connectivity index (χ1v) is 10.4. The Hall–Kier alpha value is -3.46. The van der Waals surface area contributed by atoms with E-state index in [2.05, 4.69) is 4.98 Å². The normalized spacial score (nSPS) is 10.5. The van der Waals surface area contributed by atoms with Gasteiger partial charge in [-0.05, 0) is 38.5 Å². The standard InChI is InChI=1S/C22H22N2O6S/c1-4-28-21(27)19-15(3)23-22(31-19)24(12-16-8-6-5-7-9-16)18(25)13-29-20(26)17-11-10-14(2)30-17/h5-11H,4,12-13H2,1-3H3. The zero-order valence-corrected chi connectivity index (χ0v) is 18.2. The lowest BCUT2D eigenvalue weighted by molar-refractivity contribution is -0.121. The molecule has 3 aromatic rings. The fraction of sp³-hybridized carbons (Fsp3) is 0.273. The zero-order valence-electron chi connectivity index (χ0n) is 17.4. The van der Waals surface area contributed by atoms with Crippen LogP contribution >= 0.6 is 11.3 Å². The molecule has 0 aliphatic heterocycles. The van der Waals surface area contributed by atoms with Crippen LogP contribution in [0.25, 0.3) is 0 Å². The average Bonchev–Trinajstić information content (AvgIpc) is 3.36. The number of benzene rings is 1. The van der Waals surface area contributed by atoms with Gasteiger partial charge in [-0.2, -0.15) is 0 Å². The summed E-state index contributed by atoms with van der Waals surface area (Å²) in [5.41, 5.74) is 1.32. The monoisotopic (exact) mass is 442 g/mol. The van der Waals surface area contributed by atoms with E-state index in [1.165, 1.54) is 11.0 Å². The molecule has 2 aromatic heterocycles. The molecule has 0 N–H and O–H groups in total. The van der Waals surface area contributed by atoms with Gasteiger partial charge in [-0.25, -0.2) is 14.6 Å². The molecule has 0 saturated carbocycles. The van der Waals surface area contributed by atoms with Crippen molar-refractivity contribution in [3.8, 4) is 0 Å². The molecular formula is C22H22N2O6S. The Morgan fingerprint density at radius 1 is 1.03 bits per heavy atom. The van der Waals surface area contributed by atoms with Crippen LogP contribution in [0.4, 0.5) is 5.13 Å². The lowest BCUT2D eigenvalue weighted by Crippen LogP contribution is -2.34. The van der Waals surface area contributed by atoms with Gasteiger partial charge in [0.05, 0.1) is 18.8 Å². The van der Waals surface area contributed by atoms with Crippen LogP contribution in [-0.2, 0) is 20.8 Å². The number of nitrogens with zero attached hydrogens (tertiary/aromatic N) is 2. The largest absolute Gasteiger partial charge is 0.462 e. The summed E-state index contributed by atoms with van der Waals surface area (Å²) < 4.78 is 15.4. The summed E-state index contributed by atoms with van der Waals surface area (Å²) in [7, 11) is 0. The highest BCUT2D eigenvalue weighted by Gasteiger charge is 2.25. The van der Waals surface area contributed by atoms with E-state index >= 15 is 0 Å². The summed E-state index contributed by atoms with van der Waals surface area (Å²) in [5, 5.41) is 0.319. The van der Waals surface area contributed by atoms with Gasteiger partial charge in [-0.15, -0.1) is 0 Å². The Morgan fingerprint density at radius 2 is 1.77 bits per heavy atom. The number of hydrogen-bond acceptors (Lipinski definition) is 8. The van der Waals surface area contributed by atoms with Crippen molar-refractivity contribution in [2.24, 2.45) is 0 Å². The molecule has 3 rings (SSSR count). The molecule has 9 heteroatoms. The van der Waals surface area contributed by atoms with Gasteiger partial charge in [0.15, 0.2) is 11.7 Å². The third kappa shape index (κ3) is 5.58. The van der Waals surface area contributed by atoms with E-state index in [1.807, 2.05) is 30.3 Å². The van der Waals surface area contributed by atoms with E-state index in [-0.39, 0.29) is 18.9 Å². The second-order valence-electron chi connectivity index (χ2n) is 6.58. The van der Waals surface area contributed by atoms with Gasteiger partial charge in [0, 0.05) is 0 Å². The summed E-state index contributed by atoms with van der Waals surface area (Å²) in [6.07, 6.45) is 0. The van der Waals surface area contributed by atoms with E-state index in [4.69, 9.17) is 13.9 Å². The molecule has 0 unspecified atom stereocenters. The van der Waals surface area contributed by atoms with Gasteiger partial charge in [0.2, 0.25) is 5.76 Å². The minimum absolute atomic E-state index is 0.0228. The first-order valence-electron chi connectivity index (χ1n) is 9.61. The predicted octanol–water partition coefficient (Wildman–Crippen LogP) is 3.92. The number of ether oxygens (including phenoxy) is 2. The molecule has 0 spiro atoms. The van der Waals surface area contributed by atoms with Crippen LogP contribution in [0.2, 0.25) is 0 Å². The van der Waals surface area contributed by atoms with E-state index in [0.29, 0.717) is 21.5 Å². The number of carbonyl (C=O) groups is 3. The number of amides is 1. The Balaban J connectivity index is 1.81. The van der Waals surface area contributed by atoms with E-state index < -0.39 is 24.5 Å². The van der Waals surface area contributed by atoms with Crippen molar-refractivity contribution in [1.82, 2.24) is 4.98 Å². The van der Waals surface area contributed by atoms with Crippen LogP contribution in [0.3, 0.4) is 0 Å². The van der Waals surface area contributed by atoms with E-state index in [0.717, 1.165) is 16.9 Å². The second-order valence-corrected chi connectivity index (χ2v) is 7.56. The third-order valence-corrected chi connectivity index (χ3v) is 5.39. The predicted molar refractivity (Wildman–Crippen MR) is 114 cm³/mol. The number of thiazole rings is 1. The molecule has 0 radical (unpaired) electrons. The van der Waals surface area contributed by atoms with Crippen molar-refractivity contribution in [3.05, 3.63) is 70.1 Å². The minimum Gasteiger partial charge on any atom is -0.462 e. The van der Waals surface area contributed by atoms with Crippen LogP contribution < -0.4 is 4.90 Å². The van der Waals surface area contributed by atoms with Crippen molar-refractivity contribution in [1.29, 1.82) is 0 Å². The maximum atomic E-state index is 13.0. The smallest absolute Gasteiger partial charge is 0.374 e. The van der Waals surface area contributed by atoms with Crippen LogP contribution in [0.5, 0.6) is 0 Å². The highest BCUT2D eigenvalue weighted by atomic mass is 32.1. The molecule has 162 valence electrons. The molecule has 0 atom stereocenters. The molecule has 0 aliphatic carbocycles. The molecule has 8 nitrogen and oxygen atoms in total. The summed E-state index contributed by atoms with van der Waals surface area (Å²) in [6, 6.07) is 12.4. The van der Waals surface area contributed by atoms with Crippen LogP contribution in [0.15, 0.2) is 46.9 Å². The summed E-state index contributed by atoms with van der Waals surface area (Å²) in [6.45, 7) is 5.03. The number of anilines is 1. The van der Waals surface area contributed by atoms with Gasteiger partial charge in [0.25, 0.3) is 5.91 Å². The Morgan fingerprint density at radius 3 is 2.42 bits per heavy atom. The van der Waals surface area contributed by atoms with E-state index in [9.17, 15) is 14.4 Å². The summed E-state index contributed by atoms with van der Waals surface area (Å²) in [5.74, 6) is -1.12. The van der Waals surface area contributed by atoms with Crippen LogP contribution in [0.1, 0.15) is 44.2 Å². The van der Waals surface area contributed by atoms with Crippen molar-refractivity contribution >= 4 is 34.3 Å². The molecule has 1 aromatic carbocycles. The molecule has 0 aliphatic rings. The molecule has 0 fully saturated rings. The quantitative estimate of drug-likeness (QED) is 0.488. The maximum absolute atomic E-state index is 13.0. The fourth-order valence-corrected chi connectivity index (χ4v) is 3.71. The molecule has 1 amide bonds. The van der Waals surface area contributed by atoms with Crippen molar-refractivity contribution < 1.29 is 28.3 Å². The molecule has 0 saturated heterocycles. The lowest BCUT2D eigenvalue weighted by atomic mass is 10.2. The highest BCUT2D eigenvalue weighted by Crippen LogP contribution is 2.28. The lowest BCUT2D eigenvalue weighted by Gasteiger charge is -2.20. The van der Waals surface area contributed by atoms with Crippen LogP contribution in [0, 0.1) is 13.8 Å². The number of esters is 2. The number of hydrogen-bond donors (Lipinski definition) is 0. The zero-order chi connectivity index (χ0) is 22.4. The molecule has 2 heterocycles. The summed E-state index contributed by atoms with van der Waals surface area (Å²) >= 11 is 1.06. The van der Waals surface area contributed by atoms with Crippen molar-refractivity contribution in [3.63, 3.8) is 0 Å². The molecular weight excluding hydrogens is 420 g/mol. The third-order valence-electron chi connectivity index (χ3n) is 4.23. The van der Waals surface area contributed by atoms with Crippen molar-refractivity contribution in [2.45, 2.75) is 27.3 Å². The summed E-state index contributed by atoms with van der Waals surface area (Å²) in [4.78, 5) is 43.4. The first-order chi connectivity index (χ1) is 14.9. The Kier molecular flexibility index (Phi) is 7.19. The number of furan rings is 1. The van der Waals surface area contributed by atoms with Gasteiger partial charge in [0.1, 0.15) is 10.6 Å². The second kappa shape index (κ2) is 10.0. The Bertz CT molecular complexity index is 1070. The highest BCUT2D eigenvalue weighted by molar-refractivity contribution is 7.17. The van der Waals surface area contributed by atoms with Gasteiger partial charge >= 0.3 is 11.9 Å². The SMILES string of the molecule is CCOC(=O)c1sc(N(Cc2ccccc2)C(=O)COC(=O)c2ccc(C)o2)nc1C. The maximum Gasteiger partial charge on any atom is 0.374 e. The average molecular weight is 442 g/mol. The topological polar surface area (TPSA) is 98.9 Å². The minimum atomic E-state index is -0.733. The van der Waals surface area contributed by atoms with Crippen molar-refractivity contribution in [2.75, 3.05) is 18.1 Å². The fourth-order valence-electron chi connectivity index (χ4n) is 2.73. The molecule has 0 bridgehead atoms. The number of carbonyl (C=O) groups excluding carboxylic acids is 3. The van der Waals surface area contributed by atoms with E-state index in [1.54, 1.807) is 26.8 Å². The Labute approximate surface area is 183 Å². The van der Waals surface area contributed by atoms with Gasteiger partial charge in [-0.3, -0.25) is 9.69 Å². The first kappa shape index (κ1) is 22.2. The van der Waals surface area contributed by atoms with Gasteiger partial charge < -0.3 is 13.9 Å². The number of rotatable bonds is 8. The molecule has 31 heavy (non-hydrogen) atoms.